The largest absolute Gasteiger partial charge is 0.313 e. The first-order chi connectivity index (χ1) is 7.95. The molecule has 0 saturated heterocycles. The molecule has 0 bridgehead atoms. The predicted octanol–water partition coefficient (Wildman–Crippen LogP) is 3.09. The minimum Gasteiger partial charge on any atom is -0.313 e. The van der Waals surface area contributed by atoms with Gasteiger partial charge in [0.05, 0.1) is 0 Å². The Hall–Kier alpha value is 0.110. The zero-order valence-electron chi connectivity index (χ0n) is 11.9. The summed E-state index contributed by atoms with van der Waals surface area (Å²) in [4.78, 5) is 0. The maximum atomic E-state index is 12.3. The molecule has 17 heavy (non-hydrogen) atoms. The zero-order chi connectivity index (χ0) is 12.9. The topological polar surface area (TPSA) is 29.1 Å². The third-order valence-electron chi connectivity index (χ3n) is 3.69. The molecule has 0 radical (unpaired) electrons. The molecule has 0 spiro atoms. The molecule has 1 aliphatic rings. The fraction of sp³-hybridized carbons (Fsp3) is 1.00. The summed E-state index contributed by atoms with van der Waals surface area (Å²) in [6.07, 6.45) is 6.05. The van der Waals surface area contributed by atoms with E-state index in [1.165, 1.54) is 25.7 Å². The van der Waals surface area contributed by atoms with Crippen LogP contribution < -0.4 is 5.32 Å². The van der Waals surface area contributed by atoms with Crippen molar-refractivity contribution in [2.45, 2.75) is 71.1 Å². The van der Waals surface area contributed by atoms with Crippen LogP contribution in [0.4, 0.5) is 0 Å². The lowest BCUT2D eigenvalue weighted by atomic mass is 9.88. The van der Waals surface area contributed by atoms with Crippen LogP contribution in [0.5, 0.6) is 0 Å². The van der Waals surface area contributed by atoms with E-state index in [0.717, 1.165) is 18.7 Å². The molecular weight excluding hydrogens is 230 g/mol. The molecular formula is C14H29NOS. The summed E-state index contributed by atoms with van der Waals surface area (Å²) in [6, 6.07) is 0.379. The van der Waals surface area contributed by atoms with Crippen LogP contribution >= 0.6 is 0 Å². The lowest BCUT2D eigenvalue weighted by molar-refractivity contribution is 0.290. The first-order valence-electron chi connectivity index (χ1n) is 7.05. The Labute approximate surface area is 109 Å². The Morgan fingerprint density at radius 2 is 1.88 bits per heavy atom. The van der Waals surface area contributed by atoms with E-state index in [2.05, 4.69) is 33.0 Å². The van der Waals surface area contributed by atoms with Crippen LogP contribution in [0.2, 0.25) is 0 Å². The smallest absolute Gasteiger partial charge is 0.0396 e. The lowest BCUT2D eigenvalue weighted by Crippen LogP contribution is -2.45. The summed E-state index contributed by atoms with van der Waals surface area (Å²) in [7, 11) is -0.638. The molecule has 0 aromatic heterocycles. The Balaban J connectivity index is 2.49. The van der Waals surface area contributed by atoms with Gasteiger partial charge in [0.15, 0.2) is 0 Å². The van der Waals surface area contributed by atoms with Crippen LogP contribution in [-0.2, 0) is 10.8 Å². The van der Waals surface area contributed by atoms with Crippen molar-refractivity contribution in [3.63, 3.8) is 0 Å². The maximum absolute atomic E-state index is 12.3. The number of hydrogen-bond donors (Lipinski definition) is 1. The first-order valence-corrected chi connectivity index (χ1v) is 8.44. The van der Waals surface area contributed by atoms with Gasteiger partial charge in [-0.1, -0.05) is 40.5 Å². The van der Waals surface area contributed by atoms with Gasteiger partial charge in [0.2, 0.25) is 0 Å². The van der Waals surface area contributed by atoms with E-state index in [1.807, 2.05) is 0 Å². The second-order valence-electron chi connectivity index (χ2n) is 6.33. The van der Waals surface area contributed by atoms with Crippen LogP contribution in [0.25, 0.3) is 0 Å². The minimum atomic E-state index is -0.638. The highest BCUT2D eigenvalue weighted by atomic mass is 32.2. The van der Waals surface area contributed by atoms with Crippen LogP contribution in [0.15, 0.2) is 0 Å². The predicted molar refractivity (Wildman–Crippen MR) is 76.8 cm³/mol. The Morgan fingerprint density at radius 1 is 1.29 bits per heavy atom. The summed E-state index contributed by atoms with van der Waals surface area (Å²) < 4.78 is 12.3. The van der Waals surface area contributed by atoms with Crippen molar-refractivity contribution in [3.8, 4) is 0 Å². The molecule has 1 saturated carbocycles. The lowest BCUT2D eigenvalue weighted by Gasteiger charge is -2.32. The van der Waals surface area contributed by atoms with Gasteiger partial charge in [0, 0.05) is 27.8 Å². The van der Waals surface area contributed by atoms with Crippen molar-refractivity contribution in [3.05, 3.63) is 0 Å². The third-order valence-corrected chi connectivity index (χ3v) is 5.57. The molecule has 1 aliphatic carbocycles. The van der Waals surface area contributed by atoms with Gasteiger partial charge in [0.25, 0.3) is 0 Å². The molecule has 0 aliphatic heterocycles. The highest BCUT2D eigenvalue weighted by Crippen LogP contribution is 2.26. The van der Waals surface area contributed by atoms with Gasteiger partial charge in [-0.3, -0.25) is 4.21 Å². The molecule has 2 nitrogen and oxygen atoms in total. The van der Waals surface area contributed by atoms with E-state index in [0.29, 0.717) is 11.3 Å². The highest BCUT2D eigenvalue weighted by molar-refractivity contribution is 7.85. The number of nitrogens with one attached hydrogen (secondary N) is 1. The summed E-state index contributed by atoms with van der Waals surface area (Å²) in [5.74, 6) is 0.828. The average Bonchev–Trinajstić information content (AvgIpc) is 2.75. The molecule has 0 aromatic rings. The molecule has 0 heterocycles. The third kappa shape index (κ3) is 5.09. The normalized spacial score (nSPS) is 21.6. The summed E-state index contributed by atoms with van der Waals surface area (Å²) in [5, 5.41) is 4.05. The average molecular weight is 259 g/mol. The molecule has 2 atom stereocenters. The summed E-state index contributed by atoms with van der Waals surface area (Å²) in [5.41, 5.74) is 0.198. The number of hydrogen-bond acceptors (Lipinski definition) is 2. The van der Waals surface area contributed by atoms with E-state index < -0.39 is 10.8 Å². The maximum Gasteiger partial charge on any atom is 0.0396 e. The zero-order valence-corrected chi connectivity index (χ0v) is 12.7. The van der Waals surface area contributed by atoms with Gasteiger partial charge in [-0.05, 0) is 31.2 Å². The minimum absolute atomic E-state index is 0.198. The summed E-state index contributed by atoms with van der Waals surface area (Å²) in [6.45, 7) is 9.94. The van der Waals surface area contributed by atoms with Crippen molar-refractivity contribution < 1.29 is 4.21 Å². The van der Waals surface area contributed by atoms with Crippen molar-refractivity contribution in [1.82, 2.24) is 5.32 Å². The number of rotatable bonds is 6. The SMILES string of the molecule is CCCNC(CS(=O)C1CCCC1)C(C)(C)C. The highest BCUT2D eigenvalue weighted by Gasteiger charge is 2.29. The van der Waals surface area contributed by atoms with Crippen molar-refractivity contribution in [1.29, 1.82) is 0 Å². The molecule has 2 unspecified atom stereocenters. The quantitative estimate of drug-likeness (QED) is 0.794. The fourth-order valence-electron chi connectivity index (χ4n) is 2.39. The Morgan fingerprint density at radius 3 is 2.35 bits per heavy atom. The van der Waals surface area contributed by atoms with Crippen LogP contribution in [0, 0.1) is 5.41 Å². The van der Waals surface area contributed by atoms with Crippen LogP contribution in [0.1, 0.15) is 59.8 Å². The van der Waals surface area contributed by atoms with E-state index in [1.54, 1.807) is 0 Å². The van der Waals surface area contributed by atoms with Gasteiger partial charge in [-0.2, -0.15) is 0 Å². The van der Waals surface area contributed by atoms with Crippen molar-refractivity contribution >= 4 is 10.8 Å². The van der Waals surface area contributed by atoms with E-state index in [4.69, 9.17) is 0 Å². The molecule has 1 N–H and O–H groups in total. The molecule has 3 heteroatoms. The monoisotopic (exact) mass is 259 g/mol. The van der Waals surface area contributed by atoms with Crippen LogP contribution in [0.3, 0.4) is 0 Å². The second-order valence-corrected chi connectivity index (χ2v) is 8.09. The van der Waals surface area contributed by atoms with E-state index in [9.17, 15) is 4.21 Å². The van der Waals surface area contributed by atoms with Crippen molar-refractivity contribution in [2.75, 3.05) is 12.3 Å². The molecule has 102 valence electrons. The molecule has 1 fully saturated rings. The van der Waals surface area contributed by atoms with Crippen LogP contribution in [-0.4, -0.2) is 27.8 Å². The summed E-state index contributed by atoms with van der Waals surface area (Å²) >= 11 is 0. The van der Waals surface area contributed by atoms with Gasteiger partial charge >= 0.3 is 0 Å². The first kappa shape index (κ1) is 15.2. The fourth-order valence-corrected chi connectivity index (χ4v) is 4.46. The van der Waals surface area contributed by atoms with Gasteiger partial charge in [-0.15, -0.1) is 0 Å². The Kier molecular flexibility index (Phi) is 6.14. The van der Waals surface area contributed by atoms with Gasteiger partial charge < -0.3 is 5.32 Å². The Bertz CT molecular complexity index is 241. The molecule has 1 rings (SSSR count). The standard InChI is InChI=1S/C14H29NOS/c1-5-10-15-13(14(2,3)4)11-17(16)12-8-6-7-9-12/h12-13,15H,5-11H2,1-4H3. The van der Waals surface area contributed by atoms with E-state index in [-0.39, 0.29) is 5.41 Å². The molecule has 0 amide bonds. The molecule has 0 aromatic carbocycles. The van der Waals surface area contributed by atoms with Gasteiger partial charge in [-0.25, -0.2) is 0 Å². The van der Waals surface area contributed by atoms with Crippen molar-refractivity contribution in [2.24, 2.45) is 5.41 Å². The second kappa shape index (κ2) is 6.89. The van der Waals surface area contributed by atoms with E-state index >= 15 is 0 Å². The van der Waals surface area contributed by atoms with Gasteiger partial charge in [0.1, 0.15) is 0 Å².